The van der Waals surface area contributed by atoms with Crippen LogP contribution in [0.15, 0.2) is 34.8 Å². The average Bonchev–Trinajstić information content (AvgIpc) is 2.44. The van der Waals surface area contributed by atoms with E-state index in [4.69, 9.17) is 27.5 Å². The molecule has 3 nitrogen and oxygen atoms in total. The average molecular weight is 376 g/mol. The molecule has 2 rings (SSSR count). The molecule has 0 aliphatic heterocycles. The van der Waals surface area contributed by atoms with Gasteiger partial charge in [-0.25, -0.2) is 8.78 Å². The van der Waals surface area contributed by atoms with Gasteiger partial charge in [0.1, 0.15) is 29.8 Å². The minimum Gasteiger partial charge on any atom is -0.487 e. The molecule has 0 aromatic heterocycles. The quantitative estimate of drug-likeness (QED) is 0.477. The molecule has 0 aliphatic rings. The summed E-state index contributed by atoms with van der Waals surface area (Å²) in [4.78, 5) is 0. The summed E-state index contributed by atoms with van der Waals surface area (Å²) in [5.41, 5.74) is 5.57. The zero-order valence-corrected chi connectivity index (χ0v) is 12.9. The largest absolute Gasteiger partial charge is 0.487 e. The van der Waals surface area contributed by atoms with Gasteiger partial charge in [0, 0.05) is 5.56 Å². The Morgan fingerprint density at radius 1 is 1.29 bits per heavy atom. The minimum absolute atomic E-state index is 0.132. The standard InChI is InChI=1S/C14H10BrClF2N2O/c15-9-2-3-11(17)8(13(9)18)6-21-12-4-1-7(14(19)20)5-10(12)16/h1-5H,6H2,(H3,19,20). The van der Waals surface area contributed by atoms with Crippen molar-refractivity contribution >= 4 is 33.4 Å². The van der Waals surface area contributed by atoms with Crippen molar-refractivity contribution in [2.75, 3.05) is 0 Å². The summed E-state index contributed by atoms with van der Waals surface area (Å²) in [5, 5.41) is 7.50. The molecule has 2 aromatic carbocycles. The maximum Gasteiger partial charge on any atom is 0.146 e. The Labute approximate surface area is 133 Å². The highest BCUT2D eigenvalue weighted by Gasteiger charge is 2.14. The second kappa shape index (κ2) is 6.41. The summed E-state index contributed by atoms with van der Waals surface area (Å²) >= 11 is 8.96. The van der Waals surface area contributed by atoms with Crippen LogP contribution in [0.2, 0.25) is 5.02 Å². The van der Waals surface area contributed by atoms with E-state index < -0.39 is 11.6 Å². The fourth-order valence-corrected chi connectivity index (χ4v) is 2.24. The molecule has 7 heteroatoms. The zero-order valence-electron chi connectivity index (χ0n) is 10.6. The van der Waals surface area contributed by atoms with Gasteiger partial charge < -0.3 is 10.5 Å². The van der Waals surface area contributed by atoms with Crippen LogP contribution < -0.4 is 10.5 Å². The van der Waals surface area contributed by atoms with E-state index in [-0.39, 0.29) is 33.3 Å². The molecule has 0 fully saturated rings. The topological polar surface area (TPSA) is 59.1 Å². The molecule has 0 spiro atoms. The van der Waals surface area contributed by atoms with E-state index >= 15 is 0 Å². The van der Waals surface area contributed by atoms with E-state index in [1.54, 1.807) is 0 Å². The number of nitrogens with one attached hydrogen (secondary N) is 1. The van der Waals surface area contributed by atoms with Crippen molar-refractivity contribution in [3.8, 4) is 5.75 Å². The lowest BCUT2D eigenvalue weighted by molar-refractivity contribution is 0.292. The second-order valence-corrected chi connectivity index (χ2v) is 5.43. The molecule has 2 aromatic rings. The first-order valence-corrected chi connectivity index (χ1v) is 6.96. The third kappa shape index (κ3) is 3.51. The summed E-state index contributed by atoms with van der Waals surface area (Å²) in [5.74, 6) is -1.30. The number of hydrogen-bond acceptors (Lipinski definition) is 2. The molecule has 0 heterocycles. The van der Waals surface area contributed by atoms with Gasteiger partial charge in [0.15, 0.2) is 0 Å². The third-order valence-corrected chi connectivity index (χ3v) is 3.66. The van der Waals surface area contributed by atoms with Crippen molar-refractivity contribution in [3.05, 3.63) is 62.6 Å². The van der Waals surface area contributed by atoms with Crippen LogP contribution >= 0.6 is 27.5 Å². The predicted molar refractivity (Wildman–Crippen MR) is 80.9 cm³/mol. The Morgan fingerprint density at radius 3 is 2.62 bits per heavy atom. The van der Waals surface area contributed by atoms with Crippen LogP contribution in [0.4, 0.5) is 8.78 Å². The number of benzene rings is 2. The number of hydrogen-bond donors (Lipinski definition) is 2. The summed E-state index contributed by atoms with van der Waals surface area (Å²) in [7, 11) is 0. The first kappa shape index (κ1) is 15.7. The molecule has 0 aliphatic carbocycles. The van der Waals surface area contributed by atoms with E-state index in [9.17, 15) is 8.78 Å². The third-order valence-electron chi connectivity index (χ3n) is 2.75. The van der Waals surface area contributed by atoms with E-state index in [0.717, 1.165) is 6.07 Å². The fraction of sp³-hybridized carbons (Fsp3) is 0.0714. The number of ether oxygens (including phenoxy) is 1. The van der Waals surface area contributed by atoms with E-state index in [0.29, 0.717) is 5.56 Å². The number of amidine groups is 1. The van der Waals surface area contributed by atoms with Crippen molar-refractivity contribution in [2.45, 2.75) is 6.61 Å². The summed E-state index contributed by atoms with van der Waals surface area (Å²) in [6.45, 7) is -0.309. The van der Waals surface area contributed by atoms with Crippen molar-refractivity contribution in [1.82, 2.24) is 0 Å². The fourth-order valence-electron chi connectivity index (χ4n) is 1.64. The van der Waals surface area contributed by atoms with Crippen LogP contribution in [0, 0.1) is 17.0 Å². The second-order valence-electron chi connectivity index (χ2n) is 4.17. The highest BCUT2D eigenvalue weighted by atomic mass is 79.9. The normalized spacial score (nSPS) is 10.5. The highest BCUT2D eigenvalue weighted by molar-refractivity contribution is 9.10. The van der Waals surface area contributed by atoms with Gasteiger partial charge in [-0.15, -0.1) is 0 Å². The smallest absolute Gasteiger partial charge is 0.146 e. The van der Waals surface area contributed by atoms with Crippen LogP contribution in [-0.2, 0) is 6.61 Å². The zero-order chi connectivity index (χ0) is 15.6. The highest BCUT2D eigenvalue weighted by Crippen LogP contribution is 2.28. The van der Waals surface area contributed by atoms with Crippen molar-refractivity contribution in [3.63, 3.8) is 0 Å². The molecule has 0 atom stereocenters. The van der Waals surface area contributed by atoms with Gasteiger partial charge in [-0.2, -0.15) is 0 Å². The van der Waals surface area contributed by atoms with Crippen LogP contribution in [-0.4, -0.2) is 5.84 Å². The van der Waals surface area contributed by atoms with Crippen LogP contribution in [0.1, 0.15) is 11.1 Å². The Kier molecular flexibility index (Phi) is 4.80. The van der Waals surface area contributed by atoms with Gasteiger partial charge >= 0.3 is 0 Å². The van der Waals surface area contributed by atoms with Gasteiger partial charge in [0.25, 0.3) is 0 Å². The van der Waals surface area contributed by atoms with Gasteiger partial charge in [-0.1, -0.05) is 11.6 Å². The number of halogens is 4. The maximum atomic E-state index is 13.8. The molecule has 21 heavy (non-hydrogen) atoms. The summed E-state index contributed by atoms with van der Waals surface area (Å²) in [6.07, 6.45) is 0. The number of nitrogens with two attached hydrogens (primary N) is 1. The van der Waals surface area contributed by atoms with Crippen molar-refractivity contribution < 1.29 is 13.5 Å². The maximum absolute atomic E-state index is 13.8. The minimum atomic E-state index is -0.716. The Bertz CT molecular complexity index is 710. The predicted octanol–water partition coefficient (Wildman–Crippen LogP) is 4.24. The van der Waals surface area contributed by atoms with Crippen molar-refractivity contribution in [1.29, 1.82) is 5.41 Å². The van der Waals surface area contributed by atoms with E-state index in [1.165, 1.54) is 24.3 Å². The molecule has 0 saturated heterocycles. The lowest BCUT2D eigenvalue weighted by atomic mass is 10.2. The SMILES string of the molecule is N=C(N)c1ccc(OCc2c(F)ccc(Br)c2F)c(Cl)c1. The van der Waals surface area contributed by atoms with Gasteiger partial charge in [0.2, 0.25) is 0 Å². The number of rotatable bonds is 4. The molecular formula is C14H10BrClF2N2O. The molecule has 0 amide bonds. The monoisotopic (exact) mass is 374 g/mol. The molecule has 0 unspecified atom stereocenters. The first-order valence-electron chi connectivity index (χ1n) is 5.79. The van der Waals surface area contributed by atoms with Gasteiger partial charge in [-0.05, 0) is 46.3 Å². The Hall–Kier alpha value is -1.66. The first-order chi connectivity index (χ1) is 9.90. The Morgan fingerprint density at radius 2 is 2.00 bits per heavy atom. The molecule has 110 valence electrons. The van der Waals surface area contributed by atoms with E-state index in [2.05, 4.69) is 15.9 Å². The van der Waals surface area contributed by atoms with Gasteiger partial charge in [0.05, 0.1) is 15.1 Å². The van der Waals surface area contributed by atoms with E-state index in [1.807, 2.05) is 0 Å². The molecule has 0 radical (unpaired) electrons. The lowest BCUT2D eigenvalue weighted by Crippen LogP contribution is -2.11. The molecular weight excluding hydrogens is 366 g/mol. The van der Waals surface area contributed by atoms with Crippen LogP contribution in [0.25, 0.3) is 0 Å². The summed E-state index contributed by atoms with van der Waals surface area (Å²) in [6, 6.07) is 6.91. The van der Waals surface area contributed by atoms with Crippen LogP contribution in [0.3, 0.4) is 0 Å². The van der Waals surface area contributed by atoms with Gasteiger partial charge in [-0.3, -0.25) is 5.41 Å². The lowest BCUT2D eigenvalue weighted by Gasteiger charge is -2.11. The molecule has 3 N–H and O–H groups in total. The Balaban J connectivity index is 2.21. The van der Waals surface area contributed by atoms with Crippen LogP contribution in [0.5, 0.6) is 5.75 Å². The molecule has 0 bridgehead atoms. The van der Waals surface area contributed by atoms with Crippen molar-refractivity contribution in [2.24, 2.45) is 5.73 Å². The number of nitrogen functional groups attached to an aromatic ring is 1. The summed E-state index contributed by atoms with van der Waals surface area (Å²) < 4.78 is 32.9. The molecule has 0 saturated carbocycles.